The van der Waals surface area contributed by atoms with E-state index < -0.39 is 0 Å². The molecular formula is C24H19N. The van der Waals surface area contributed by atoms with Crippen LogP contribution in [0.25, 0.3) is 16.8 Å². The third-order valence-corrected chi connectivity index (χ3v) is 4.28. The zero-order valence-corrected chi connectivity index (χ0v) is 13.9. The largest absolute Gasteiger partial charge is 0.317 e. The Morgan fingerprint density at radius 1 is 0.560 bits per heavy atom. The zero-order valence-electron chi connectivity index (χ0n) is 13.9. The molecule has 1 heteroatoms. The Balaban J connectivity index is 1.84. The van der Waals surface area contributed by atoms with Gasteiger partial charge in [0.05, 0.1) is 5.69 Å². The lowest BCUT2D eigenvalue weighted by molar-refractivity contribution is 1.31. The predicted octanol–water partition coefficient (Wildman–Crippen LogP) is 6.65. The second-order valence-electron chi connectivity index (χ2n) is 5.93. The van der Waals surface area contributed by atoms with E-state index in [-0.39, 0.29) is 0 Å². The smallest absolute Gasteiger partial charge is 0.0533 e. The second-order valence-corrected chi connectivity index (χ2v) is 5.93. The molecule has 0 spiro atoms. The Hall–Kier alpha value is -3.32. The molecule has 0 atom stereocenters. The maximum Gasteiger partial charge on any atom is 0.0533 e. The van der Waals surface area contributed by atoms with Crippen molar-refractivity contribution in [2.75, 3.05) is 4.90 Å². The van der Waals surface area contributed by atoms with Gasteiger partial charge in [0.2, 0.25) is 0 Å². The van der Waals surface area contributed by atoms with Gasteiger partial charge in [-0.25, -0.2) is 0 Å². The minimum atomic E-state index is 1.14. The molecule has 0 radical (unpaired) electrons. The average molecular weight is 321 g/mol. The van der Waals surface area contributed by atoms with Gasteiger partial charge in [-0.2, -0.15) is 0 Å². The number of para-hydroxylation sites is 1. The van der Waals surface area contributed by atoms with Crippen molar-refractivity contribution in [2.45, 2.75) is 0 Å². The summed E-state index contributed by atoms with van der Waals surface area (Å²) in [4.78, 5) is 2.25. The molecule has 0 aliphatic rings. The van der Waals surface area contributed by atoms with Crippen LogP contribution in [0.5, 0.6) is 0 Å². The summed E-state index contributed by atoms with van der Waals surface area (Å²) >= 11 is 0. The van der Waals surface area contributed by atoms with E-state index in [0.29, 0.717) is 0 Å². The van der Waals surface area contributed by atoms with Crippen molar-refractivity contribution in [3.63, 3.8) is 0 Å². The molecule has 0 saturated carbocycles. The molecule has 0 aliphatic heterocycles. The van der Waals surface area contributed by atoms with Crippen molar-refractivity contribution in [1.82, 2.24) is 0 Å². The molecule has 120 valence electrons. The van der Waals surface area contributed by atoms with E-state index >= 15 is 0 Å². The third kappa shape index (κ3) is 3.31. The van der Waals surface area contributed by atoms with E-state index in [1.807, 2.05) is 12.1 Å². The van der Waals surface area contributed by atoms with Crippen molar-refractivity contribution in [1.29, 1.82) is 0 Å². The lowest BCUT2D eigenvalue weighted by Crippen LogP contribution is -2.08. The van der Waals surface area contributed by atoms with Gasteiger partial charge in [0.15, 0.2) is 0 Å². The third-order valence-electron chi connectivity index (χ3n) is 4.28. The van der Waals surface area contributed by atoms with E-state index in [2.05, 4.69) is 108 Å². The van der Waals surface area contributed by atoms with Gasteiger partial charge in [0.25, 0.3) is 0 Å². The van der Waals surface area contributed by atoms with Crippen LogP contribution in [-0.4, -0.2) is 0 Å². The van der Waals surface area contributed by atoms with Gasteiger partial charge in [-0.3, -0.25) is 0 Å². The van der Waals surface area contributed by atoms with Crippen LogP contribution in [0.15, 0.2) is 109 Å². The normalized spacial score (nSPS) is 11.0. The number of hydrogen-bond donors (Lipinski definition) is 0. The van der Waals surface area contributed by atoms with Gasteiger partial charge in [-0.15, -0.1) is 0 Å². The first kappa shape index (κ1) is 15.2. The number of fused-ring (bicyclic) bond motifs is 1. The summed E-state index contributed by atoms with van der Waals surface area (Å²) in [5.41, 5.74) is 3.51. The highest BCUT2D eigenvalue weighted by molar-refractivity contribution is 5.97. The van der Waals surface area contributed by atoms with Gasteiger partial charge in [-0.05, 0) is 35.2 Å². The molecule has 4 aromatic rings. The summed E-state index contributed by atoms with van der Waals surface area (Å²) in [5, 5.41) is 2.49. The highest BCUT2D eigenvalue weighted by Gasteiger charge is 2.09. The standard InChI is InChI=1S/C24H19N/c1-3-10-20(11-4-1)18-19-25(22-14-5-2-6-15-22)24-17-9-13-21-12-7-8-16-23(21)24/h1-19H/b19-18+. The van der Waals surface area contributed by atoms with E-state index in [1.165, 1.54) is 22.0 Å². The van der Waals surface area contributed by atoms with Crippen molar-refractivity contribution >= 4 is 28.2 Å². The van der Waals surface area contributed by atoms with Gasteiger partial charge >= 0.3 is 0 Å². The first-order chi connectivity index (χ1) is 12.4. The van der Waals surface area contributed by atoms with Crippen LogP contribution in [0.3, 0.4) is 0 Å². The molecular weight excluding hydrogens is 302 g/mol. The molecule has 0 N–H and O–H groups in total. The Labute approximate surface area is 148 Å². The molecule has 0 unspecified atom stereocenters. The van der Waals surface area contributed by atoms with Crippen molar-refractivity contribution < 1.29 is 0 Å². The topological polar surface area (TPSA) is 3.24 Å². The van der Waals surface area contributed by atoms with E-state index in [0.717, 1.165) is 5.69 Å². The van der Waals surface area contributed by atoms with Crippen molar-refractivity contribution in [3.8, 4) is 0 Å². The fourth-order valence-electron chi connectivity index (χ4n) is 3.04. The summed E-state index contributed by atoms with van der Waals surface area (Å²) in [6.07, 6.45) is 4.29. The van der Waals surface area contributed by atoms with Crippen LogP contribution in [0.4, 0.5) is 11.4 Å². The number of anilines is 2. The Kier molecular flexibility index (Phi) is 4.30. The minimum absolute atomic E-state index is 1.14. The first-order valence-electron chi connectivity index (χ1n) is 8.47. The van der Waals surface area contributed by atoms with Crippen LogP contribution in [0, 0.1) is 0 Å². The van der Waals surface area contributed by atoms with Gasteiger partial charge in [0.1, 0.15) is 0 Å². The fourth-order valence-corrected chi connectivity index (χ4v) is 3.04. The van der Waals surface area contributed by atoms with Crippen molar-refractivity contribution in [3.05, 3.63) is 115 Å². The van der Waals surface area contributed by atoms with E-state index in [9.17, 15) is 0 Å². The first-order valence-corrected chi connectivity index (χ1v) is 8.47. The summed E-state index contributed by atoms with van der Waals surface area (Å²) in [6.45, 7) is 0. The average Bonchev–Trinajstić information content (AvgIpc) is 2.70. The van der Waals surface area contributed by atoms with Crippen LogP contribution in [0.2, 0.25) is 0 Å². The lowest BCUT2D eigenvalue weighted by Gasteiger charge is -2.22. The highest BCUT2D eigenvalue weighted by Crippen LogP contribution is 2.32. The van der Waals surface area contributed by atoms with Crippen LogP contribution in [0.1, 0.15) is 5.56 Å². The zero-order chi connectivity index (χ0) is 16.9. The highest BCUT2D eigenvalue weighted by atomic mass is 15.1. The number of hydrogen-bond acceptors (Lipinski definition) is 1. The van der Waals surface area contributed by atoms with Gasteiger partial charge in [-0.1, -0.05) is 84.9 Å². The Morgan fingerprint density at radius 3 is 2.00 bits per heavy atom. The molecule has 1 nitrogen and oxygen atoms in total. The molecule has 25 heavy (non-hydrogen) atoms. The molecule has 0 saturated heterocycles. The quantitative estimate of drug-likeness (QED) is 0.407. The summed E-state index contributed by atoms with van der Waals surface area (Å²) in [6, 6.07) is 35.8. The van der Waals surface area contributed by atoms with Crippen LogP contribution < -0.4 is 4.90 Å². The number of nitrogens with zero attached hydrogens (tertiary/aromatic N) is 1. The van der Waals surface area contributed by atoms with Gasteiger partial charge in [0, 0.05) is 17.3 Å². The molecule has 4 aromatic carbocycles. The van der Waals surface area contributed by atoms with Crippen LogP contribution >= 0.6 is 0 Å². The SMILES string of the molecule is C(=C\N(c1ccccc1)c1cccc2ccccc12)/c1ccccc1. The van der Waals surface area contributed by atoms with Crippen molar-refractivity contribution in [2.24, 2.45) is 0 Å². The molecule has 4 rings (SSSR count). The summed E-state index contributed by atoms with van der Waals surface area (Å²) in [5.74, 6) is 0. The molecule has 0 bridgehead atoms. The predicted molar refractivity (Wildman–Crippen MR) is 108 cm³/mol. The summed E-state index contributed by atoms with van der Waals surface area (Å²) < 4.78 is 0. The molecule has 0 aromatic heterocycles. The number of benzene rings is 4. The lowest BCUT2D eigenvalue weighted by atomic mass is 10.1. The molecule has 0 amide bonds. The minimum Gasteiger partial charge on any atom is -0.317 e. The van der Waals surface area contributed by atoms with E-state index in [4.69, 9.17) is 0 Å². The number of rotatable bonds is 4. The Bertz CT molecular complexity index is 983. The van der Waals surface area contributed by atoms with Gasteiger partial charge < -0.3 is 4.90 Å². The monoisotopic (exact) mass is 321 g/mol. The molecule has 0 aliphatic carbocycles. The maximum absolute atomic E-state index is 2.25. The molecule has 0 heterocycles. The summed E-state index contributed by atoms with van der Waals surface area (Å²) in [7, 11) is 0. The van der Waals surface area contributed by atoms with E-state index in [1.54, 1.807) is 0 Å². The maximum atomic E-state index is 2.25. The second kappa shape index (κ2) is 7.06. The Morgan fingerprint density at radius 2 is 1.20 bits per heavy atom. The van der Waals surface area contributed by atoms with Crippen LogP contribution in [-0.2, 0) is 0 Å². The fraction of sp³-hybridized carbons (Fsp3) is 0. The molecule has 0 fully saturated rings.